The predicted octanol–water partition coefficient (Wildman–Crippen LogP) is 4.02. The van der Waals surface area contributed by atoms with Gasteiger partial charge in [0.1, 0.15) is 0 Å². The number of nitrogens with zero attached hydrogens (tertiary/aromatic N) is 1. The highest BCUT2D eigenvalue weighted by molar-refractivity contribution is 5.71. The van der Waals surface area contributed by atoms with E-state index >= 15 is 0 Å². The minimum Gasteiger partial charge on any atom is -0.481 e. The summed E-state index contributed by atoms with van der Waals surface area (Å²) >= 11 is 0. The molecule has 1 aliphatic rings. The molecule has 0 aromatic heterocycles. The Balaban J connectivity index is 2.90. The Bertz CT molecular complexity index is 327. The van der Waals surface area contributed by atoms with Crippen LogP contribution in [0.5, 0.6) is 0 Å². The van der Waals surface area contributed by atoms with E-state index in [1.807, 2.05) is 0 Å². The Labute approximate surface area is 124 Å². The van der Waals surface area contributed by atoms with E-state index in [1.54, 1.807) is 0 Å². The number of aliphatic carboxylic acids is 1. The van der Waals surface area contributed by atoms with E-state index in [0.29, 0.717) is 17.4 Å². The zero-order valence-electron chi connectivity index (χ0n) is 14.1. The Morgan fingerprint density at radius 2 is 1.95 bits per heavy atom. The van der Waals surface area contributed by atoms with Crippen LogP contribution in [-0.4, -0.2) is 35.1 Å². The molecule has 1 saturated carbocycles. The van der Waals surface area contributed by atoms with Crippen LogP contribution in [0.1, 0.15) is 66.7 Å². The highest BCUT2D eigenvalue weighted by Crippen LogP contribution is 2.43. The van der Waals surface area contributed by atoms with Gasteiger partial charge in [0.2, 0.25) is 0 Å². The van der Waals surface area contributed by atoms with E-state index in [-0.39, 0.29) is 12.0 Å². The van der Waals surface area contributed by atoms with Gasteiger partial charge in [0.25, 0.3) is 0 Å². The van der Waals surface area contributed by atoms with Crippen LogP contribution in [0.2, 0.25) is 0 Å². The smallest absolute Gasteiger partial charge is 0.308 e. The highest BCUT2D eigenvalue weighted by Gasteiger charge is 2.42. The molecule has 0 amide bonds. The van der Waals surface area contributed by atoms with Gasteiger partial charge in [-0.1, -0.05) is 34.1 Å². The summed E-state index contributed by atoms with van der Waals surface area (Å²) in [4.78, 5) is 13.9. The van der Waals surface area contributed by atoms with Gasteiger partial charge < -0.3 is 5.11 Å². The summed E-state index contributed by atoms with van der Waals surface area (Å²) in [5.41, 5.74) is 0.317. The van der Waals surface area contributed by atoms with Crippen molar-refractivity contribution in [1.29, 1.82) is 0 Å². The van der Waals surface area contributed by atoms with Crippen molar-refractivity contribution in [3.05, 3.63) is 0 Å². The predicted molar refractivity (Wildman–Crippen MR) is 83.8 cm³/mol. The molecule has 118 valence electrons. The molecular formula is C17H33NO2. The molecule has 3 nitrogen and oxygen atoms in total. The summed E-state index contributed by atoms with van der Waals surface area (Å²) in [5.74, 6) is -0.171. The zero-order chi connectivity index (χ0) is 15.5. The molecule has 1 rings (SSSR count). The third-order valence-corrected chi connectivity index (χ3v) is 5.96. The van der Waals surface area contributed by atoms with E-state index in [4.69, 9.17) is 0 Å². The fraction of sp³-hybridized carbons (Fsp3) is 0.941. The maximum Gasteiger partial charge on any atom is 0.308 e. The first-order valence-corrected chi connectivity index (χ1v) is 8.19. The van der Waals surface area contributed by atoms with Crippen LogP contribution in [0.3, 0.4) is 0 Å². The molecule has 0 bridgehead atoms. The minimum atomic E-state index is -0.613. The van der Waals surface area contributed by atoms with Gasteiger partial charge in [0, 0.05) is 12.1 Å². The fourth-order valence-electron chi connectivity index (χ4n) is 3.50. The summed E-state index contributed by atoms with van der Waals surface area (Å²) in [6.45, 7) is 11.3. The van der Waals surface area contributed by atoms with Gasteiger partial charge in [-0.15, -0.1) is 0 Å². The molecule has 0 radical (unpaired) electrons. The van der Waals surface area contributed by atoms with Gasteiger partial charge in [-0.3, -0.25) is 9.69 Å². The number of rotatable bonds is 6. The molecule has 4 unspecified atom stereocenters. The van der Waals surface area contributed by atoms with Crippen molar-refractivity contribution in [1.82, 2.24) is 4.90 Å². The van der Waals surface area contributed by atoms with Crippen LogP contribution in [0.25, 0.3) is 0 Å². The number of carbonyl (C=O) groups is 1. The van der Waals surface area contributed by atoms with Gasteiger partial charge in [0.05, 0.1) is 5.92 Å². The quantitative estimate of drug-likeness (QED) is 0.800. The zero-order valence-corrected chi connectivity index (χ0v) is 14.1. The molecule has 0 aromatic rings. The number of hydrogen-bond donors (Lipinski definition) is 1. The number of carboxylic acids is 1. The number of hydrogen-bond acceptors (Lipinski definition) is 2. The molecule has 0 heterocycles. The van der Waals surface area contributed by atoms with E-state index < -0.39 is 5.97 Å². The monoisotopic (exact) mass is 283 g/mol. The van der Waals surface area contributed by atoms with Crippen molar-refractivity contribution in [3.8, 4) is 0 Å². The molecule has 1 fully saturated rings. The van der Waals surface area contributed by atoms with Crippen LogP contribution < -0.4 is 0 Å². The van der Waals surface area contributed by atoms with Crippen molar-refractivity contribution in [2.45, 2.75) is 78.8 Å². The fourth-order valence-corrected chi connectivity index (χ4v) is 3.50. The summed E-state index contributed by atoms with van der Waals surface area (Å²) < 4.78 is 0. The second-order valence-electron chi connectivity index (χ2n) is 7.29. The highest BCUT2D eigenvalue weighted by atomic mass is 16.4. The Morgan fingerprint density at radius 1 is 1.35 bits per heavy atom. The molecule has 0 aliphatic heterocycles. The van der Waals surface area contributed by atoms with Crippen LogP contribution in [-0.2, 0) is 4.79 Å². The van der Waals surface area contributed by atoms with Crippen LogP contribution in [0, 0.1) is 17.3 Å². The molecule has 0 spiro atoms. The molecule has 1 aliphatic carbocycles. The Morgan fingerprint density at radius 3 is 2.40 bits per heavy atom. The van der Waals surface area contributed by atoms with Crippen molar-refractivity contribution >= 4 is 5.97 Å². The largest absolute Gasteiger partial charge is 0.481 e. The van der Waals surface area contributed by atoms with E-state index in [2.05, 4.69) is 46.6 Å². The second-order valence-corrected chi connectivity index (χ2v) is 7.29. The first-order chi connectivity index (χ1) is 9.24. The van der Waals surface area contributed by atoms with E-state index in [0.717, 1.165) is 32.1 Å². The molecule has 4 atom stereocenters. The molecule has 0 aromatic carbocycles. The first kappa shape index (κ1) is 17.5. The van der Waals surface area contributed by atoms with Crippen LogP contribution in [0.4, 0.5) is 0 Å². The maximum atomic E-state index is 11.6. The van der Waals surface area contributed by atoms with E-state index in [1.165, 1.54) is 0 Å². The SMILES string of the molecule is CCC(C)N(C)C1CC(C(C)(C)CC)CCC1C(=O)O. The van der Waals surface area contributed by atoms with Crippen LogP contribution in [0.15, 0.2) is 0 Å². The average molecular weight is 283 g/mol. The van der Waals surface area contributed by atoms with E-state index in [9.17, 15) is 9.90 Å². The summed E-state index contributed by atoms with van der Waals surface area (Å²) in [7, 11) is 2.11. The number of carboxylic acid groups (broad SMARTS) is 1. The van der Waals surface area contributed by atoms with Crippen molar-refractivity contribution in [2.75, 3.05) is 7.05 Å². The van der Waals surface area contributed by atoms with Crippen molar-refractivity contribution < 1.29 is 9.90 Å². The molecule has 1 N–H and O–H groups in total. The minimum absolute atomic E-state index is 0.187. The van der Waals surface area contributed by atoms with Crippen molar-refractivity contribution in [3.63, 3.8) is 0 Å². The molecule has 20 heavy (non-hydrogen) atoms. The topological polar surface area (TPSA) is 40.5 Å². The van der Waals surface area contributed by atoms with Crippen molar-refractivity contribution in [2.24, 2.45) is 17.3 Å². The van der Waals surface area contributed by atoms with Gasteiger partial charge in [0.15, 0.2) is 0 Å². The lowest BCUT2D eigenvalue weighted by molar-refractivity contribution is -0.147. The second kappa shape index (κ2) is 6.93. The van der Waals surface area contributed by atoms with Gasteiger partial charge in [-0.25, -0.2) is 0 Å². The summed E-state index contributed by atoms with van der Waals surface area (Å²) in [6.07, 6.45) is 5.15. The molecule has 0 saturated heterocycles. The average Bonchev–Trinajstić information content (AvgIpc) is 2.44. The third kappa shape index (κ3) is 3.75. The third-order valence-electron chi connectivity index (χ3n) is 5.96. The molecular weight excluding hydrogens is 250 g/mol. The lowest BCUT2D eigenvalue weighted by Gasteiger charge is -2.46. The lowest BCUT2D eigenvalue weighted by atomic mass is 9.65. The molecule has 3 heteroatoms. The Hall–Kier alpha value is -0.570. The van der Waals surface area contributed by atoms with Gasteiger partial charge >= 0.3 is 5.97 Å². The normalized spacial score (nSPS) is 29.4. The first-order valence-electron chi connectivity index (χ1n) is 8.19. The maximum absolute atomic E-state index is 11.6. The Kier molecular flexibility index (Phi) is 6.06. The lowest BCUT2D eigenvalue weighted by Crippen LogP contribution is -2.50. The standard InChI is InChI=1S/C17H33NO2/c1-7-12(3)18(6)15-11-13(17(4,5)8-2)9-10-14(15)16(19)20/h12-15H,7-11H2,1-6H3,(H,19,20). The van der Waals surface area contributed by atoms with Crippen LogP contribution >= 0.6 is 0 Å². The van der Waals surface area contributed by atoms with Gasteiger partial charge in [-0.2, -0.15) is 0 Å². The summed E-state index contributed by atoms with van der Waals surface area (Å²) in [5, 5.41) is 9.53. The van der Waals surface area contributed by atoms with Gasteiger partial charge in [-0.05, 0) is 51.0 Å². The summed E-state index contributed by atoms with van der Waals surface area (Å²) in [6, 6.07) is 0.636.